The van der Waals surface area contributed by atoms with Gasteiger partial charge < -0.3 is 5.11 Å². The Morgan fingerprint density at radius 2 is 2.14 bits per heavy atom. The van der Waals surface area contributed by atoms with E-state index in [4.69, 9.17) is 5.11 Å². The lowest BCUT2D eigenvalue weighted by molar-refractivity contribution is 0.392. The average molecular weight is 165 g/mol. The third-order valence-electron chi connectivity index (χ3n) is 0.733. The second kappa shape index (κ2) is 3.08. The van der Waals surface area contributed by atoms with Crippen LogP contribution in [-0.4, -0.2) is 5.11 Å². The summed E-state index contributed by atoms with van der Waals surface area (Å²) >= 11 is 3.13. The molecular formula is C5H9BrO. The summed E-state index contributed by atoms with van der Waals surface area (Å²) in [6.45, 7) is 3.72. The normalized spacial score (nSPS) is 13.6. The Bertz CT molecular complexity index is 82.1. The van der Waals surface area contributed by atoms with Gasteiger partial charge in [-0.25, -0.2) is 0 Å². The summed E-state index contributed by atoms with van der Waals surface area (Å²) in [6, 6.07) is 0. The molecule has 0 spiro atoms. The van der Waals surface area contributed by atoms with E-state index in [1.165, 1.54) is 0 Å². The fourth-order valence-electron chi connectivity index (χ4n) is 0.244. The smallest absolute Gasteiger partial charge is 0.102 e. The predicted molar refractivity (Wildman–Crippen MR) is 34.5 cm³/mol. The highest BCUT2D eigenvalue weighted by Gasteiger charge is 1.88. The molecule has 1 nitrogen and oxygen atoms in total. The molecule has 0 aliphatic heterocycles. The zero-order valence-corrected chi connectivity index (χ0v) is 6.12. The van der Waals surface area contributed by atoms with E-state index in [2.05, 4.69) is 15.9 Å². The Hall–Kier alpha value is 0.0200. The lowest BCUT2D eigenvalue weighted by Crippen LogP contribution is -1.75. The number of aliphatic hydroxyl groups is 1. The van der Waals surface area contributed by atoms with Crippen LogP contribution in [0, 0.1) is 0 Å². The number of aliphatic hydroxyl groups excluding tert-OH is 1. The minimum Gasteiger partial charge on any atom is -0.512 e. The second-order valence-electron chi connectivity index (χ2n) is 1.33. The molecule has 0 rings (SSSR count). The van der Waals surface area contributed by atoms with Crippen LogP contribution in [-0.2, 0) is 0 Å². The second-order valence-corrected chi connectivity index (χ2v) is 2.52. The van der Waals surface area contributed by atoms with Gasteiger partial charge in [0.25, 0.3) is 0 Å². The molecule has 0 saturated carbocycles. The molecule has 0 aliphatic carbocycles. The number of halogens is 1. The van der Waals surface area contributed by atoms with Crippen LogP contribution in [0.25, 0.3) is 0 Å². The van der Waals surface area contributed by atoms with Gasteiger partial charge in [-0.05, 0) is 6.92 Å². The molecule has 0 aromatic heterocycles. The van der Waals surface area contributed by atoms with E-state index in [1.807, 2.05) is 13.8 Å². The van der Waals surface area contributed by atoms with Gasteiger partial charge in [-0.15, -0.1) is 0 Å². The van der Waals surface area contributed by atoms with Crippen LogP contribution in [0.4, 0.5) is 0 Å². The highest BCUT2D eigenvalue weighted by atomic mass is 79.9. The van der Waals surface area contributed by atoms with Gasteiger partial charge in [-0.3, -0.25) is 0 Å². The fourth-order valence-corrected chi connectivity index (χ4v) is 0.524. The quantitative estimate of drug-likeness (QED) is 0.592. The molecule has 1 N–H and O–H groups in total. The molecule has 42 valence electrons. The average Bonchev–Trinajstić information content (AvgIpc) is 1.65. The maximum atomic E-state index is 8.77. The van der Waals surface area contributed by atoms with E-state index in [1.54, 1.807) is 0 Å². The van der Waals surface area contributed by atoms with E-state index >= 15 is 0 Å². The molecule has 0 aromatic carbocycles. The van der Waals surface area contributed by atoms with Crippen molar-refractivity contribution in [1.29, 1.82) is 0 Å². The maximum absolute atomic E-state index is 8.77. The monoisotopic (exact) mass is 164 g/mol. The first-order valence-electron chi connectivity index (χ1n) is 2.22. The number of hydrogen-bond acceptors (Lipinski definition) is 1. The van der Waals surface area contributed by atoms with Crippen molar-refractivity contribution in [2.24, 2.45) is 0 Å². The molecule has 0 fully saturated rings. The minimum atomic E-state index is 0.431. The highest BCUT2D eigenvalue weighted by molar-refractivity contribution is 9.11. The van der Waals surface area contributed by atoms with Crippen LogP contribution in [0.5, 0.6) is 0 Å². The Morgan fingerprint density at radius 1 is 1.71 bits per heavy atom. The molecule has 2 heteroatoms. The van der Waals surface area contributed by atoms with E-state index < -0.39 is 0 Å². The summed E-state index contributed by atoms with van der Waals surface area (Å²) in [4.78, 5) is 0. The van der Waals surface area contributed by atoms with Crippen molar-refractivity contribution in [2.45, 2.75) is 20.3 Å². The van der Waals surface area contributed by atoms with Gasteiger partial charge in [0.05, 0.1) is 0 Å². The molecule has 0 aromatic rings. The van der Waals surface area contributed by atoms with Gasteiger partial charge >= 0.3 is 0 Å². The van der Waals surface area contributed by atoms with Gasteiger partial charge in [-0.2, -0.15) is 0 Å². The zero-order chi connectivity index (χ0) is 5.86. The lowest BCUT2D eigenvalue weighted by atomic mass is 10.4. The SMILES string of the molecule is CC/C(O)=C(\C)Br. The van der Waals surface area contributed by atoms with Gasteiger partial charge in [0.2, 0.25) is 0 Å². The van der Waals surface area contributed by atoms with E-state index in [0.29, 0.717) is 12.2 Å². The third kappa shape index (κ3) is 2.68. The minimum absolute atomic E-state index is 0.431. The summed E-state index contributed by atoms with van der Waals surface area (Å²) < 4.78 is 0.829. The molecule has 7 heavy (non-hydrogen) atoms. The molecule has 0 amide bonds. The van der Waals surface area contributed by atoms with Gasteiger partial charge in [0.1, 0.15) is 5.76 Å². The maximum Gasteiger partial charge on any atom is 0.102 e. The van der Waals surface area contributed by atoms with Crippen molar-refractivity contribution in [3.8, 4) is 0 Å². The summed E-state index contributed by atoms with van der Waals surface area (Å²) in [5.74, 6) is 0.431. The lowest BCUT2D eigenvalue weighted by Gasteiger charge is -1.91. The van der Waals surface area contributed by atoms with E-state index in [-0.39, 0.29) is 0 Å². The Morgan fingerprint density at radius 3 is 2.14 bits per heavy atom. The predicted octanol–water partition coefficient (Wildman–Crippen LogP) is 2.58. The fraction of sp³-hybridized carbons (Fsp3) is 0.600. The molecular weight excluding hydrogens is 156 g/mol. The van der Waals surface area contributed by atoms with Crippen LogP contribution < -0.4 is 0 Å². The van der Waals surface area contributed by atoms with Crippen molar-refractivity contribution in [1.82, 2.24) is 0 Å². The van der Waals surface area contributed by atoms with E-state index in [9.17, 15) is 0 Å². The molecule has 0 heterocycles. The van der Waals surface area contributed by atoms with Crippen LogP contribution in [0.15, 0.2) is 10.2 Å². The summed E-state index contributed by atoms with van der Waals surface area (Å²) in [7, 11) is 0. The Balaban J connectivity index is 3.72. The van der Waals surface area contributed by atoms with Gasteiger partial charge in [0, 0.05) is 10.9 Å². The van der Waals surface area contributed by atoms with Crippen molar-refractivity contribution in [2.75, 3.05) is 0 Å². The molecule has 0 aliphatic rings. The molecule has 0 saturated heterocycles. The summed E-state index contributed by atoms with van der Waals surface area (Å²) in [5, 5.41) is 8.77. The molecule has 0 unspecified atom stereocenters. The number of rotatable bonds is 1. The summed E-state index contributed by atoms with van der Waals surface area (Å²) in [6.07, 6.45) is 0.705. The largest absolute Gasteiger partial charge is 0.512 e. The first-order chi connectivity index (χ1) is 3.18. The first-order valence-corrected chi connectivity index (χ1v) is 3.02. The van der Waals surface area contributed by atoms with Gasteiger partial charge in [-0.1, -0.05) is 22.9 Å². The number of allylic oxidation sites excluding steroid dienone is 2. The van der Waals surface area contributed by atoms with Crippen molar-refractivity contribution in [3.63, 3.8) is 0 Å². The third-order valence-corrected chi connectivity index (χ3v) is 1.19. The van der Waals surface area contributed by atoms with E-state index in [0.717, 1.165) is 4.48 Å². The Kier molecular flexibility index (Phi) is 3.09. The number of hydrogen-bond donors (Lipinski definition) is 1. The van der Waals surface area contributed by atoms with Crippen molar-refractivity contribution in [3.05, 3.63) is 10.2 Å². The van der Waals surface area contributed by atoms with Crippen molar-refractivity contribution >= 4 is 15.9 Å². The molecule has 0 atom stereocenters. The molecule has 0 radical (unpaired) electrons. The standard InChI is InChI=1S/C5H9BrO/c1-3-5(7)4(2)6/h7H,3H2,1-2H3/b5-4-. The topological polar surface area (TPSA) is 20.2 Å². The van der Waals surface area contributed by atoms with Crippen LogP contribution in [0.2, 0.25) is 0 Å². The van der Waals surface area contributed by atoms with Crippen LogP contribution in [0.3, 0.4) is 0 Å². The van der Waals surface area contributed by atoms with Gasteiger partial charge in [0.15, 0.2) is 0 Å². The Labute approximate surface area is 52.2 Å². The summed E-state index contributed by atoms with van der Waals surface area (Å²) in [5.41, 5.74) is 0. The first kappa shape index (κ1) is 7.02. The highest BCUT2D eigenvalue weighted by Crippen LogP contribution is 2.09. The van der Waals surface area contributed by atoms with Crippen LogP contribution >= 0.6 is 15.9 Å². The zero-order valence-electron chi connectivity index (χ0n) is 4.53. The van der Waals surface area contributed by atoms with Crippen LogP contribution in [0.1, 0.15) is 20.3 Å². The van der Waals surface area contributed by atoms with Crippen molar-refractivity contribution < 1.29 is 5.11 Å². The molecule has 0 bridgehead atoms.